The number of rotatable bonds is 5. The Morgan fingerprint density at radius 2 is 2.08 bits per heavy atom. The molecule has 0 bridgehead atoms. The summed E-state index contributed by atoms with van der Waals surface area (Å²) < 4.78 is 11.1. The van der Waals surface area contributed by atoms with E-state index in [0.29, 0.717) is 13.3 Å². The van der Waals surface area contributed by atoms with Crippen LogP contribution in [0.1, 0.15) is 31.4 Å². The molecule has 2 aromatic rings. The fourth-order valence-electron chi connectivity index (χ4n) is 3.07. The van der Waals surface area contributed by atoms with Crippen molar-refractivity contribution in [3.63, 3.8) is 0 Å². The summed E-state index contributed by atoms with van der Waals surface area (Å²) >= 11 is 0. The Labute approximate surface area is 146 Å². The summed E-state index contributed by atoms with van der Waals surface area (Å²) in [6.45, 7) is 1.69. The average Bonchev–Trinajstić information content (AvgIpc) is 2.98. The van der Waals surface area contributed by atoms with Crippen LogP contribution < -0.4 is 11.1 Å². The summed E-state index contributed by atoms with van der Waals surface area (Å²) in [4.78, 5) is 13.7. The first-order valence-corrected chi connectivity index (χ1v) is 8.60. The first-order chi connectivity index (χ1) is 12.3. The molecule has 7 heteroatoms. The average molecular weight is 339 g/mol. The molecule has 2 aromatic heterocycles. The molecule has 0 unspecified atom stereocenters. The van der Waals surface area contributed by atoms with Gasteiger partial charge in [-0.2, -0.15) is 0 Å². The number of anilines is 1. The van der Waals surface area contributed by atoms with E-state index in [9.17, 15) is 0 Å². The minimum absolute atomic E-state index is 0.303. The Hall–Kier alpha value is -2.67. The molecular formula is C18H21N5O2. The van der Waals surface area contributed by atoms with Crippen molar-refractivity contribution < 1.29 is 9.47 Å². The van der Waals surface area contributed by atoms with Gasteiger partial charge < -0.3 is 20.5 Å². The smallest absolute Gasteiger partial charge is 0.230 e. The molecule has 3 N–H and O–H groups in total. The van der Waals surface area contributed by atoms with Gasteiger partial charge in [0.25, 0.3) is 0 Å². The van der Waals surface area contributed by atoms with Gasteiger partial charge in [0.2, 0.25) is 6.79 Å². The zero-order chi connectivity index (χ0) is 17.1. The first kappa shape index (κ1) is 15.8. The van der Waals surface area contributed by atoms with Gasteiger partial charge in [-0.25, -0.2) is 9.97 Å². The lowest BCUT2D eigenvalue weighted by atomic mass is 10.1. The highest BCUT2D eigenvalue weighted by Crippen LogP contribution is 2.33. The maximum Gasteiger partial charge on any atom is 0.230 e. The lowest BCUT2D eigenvalue weighted by molar-refractivity contribution is 0.0715. The van der Waals surface area contributed by atoms with Gasteiger partial charge in [0.15, 0.2) is 11.6 Å². The summed E-state index contributed by atoms with van der Waals surface area (Å²) in [5, 5.41) is 3.34. The number of aromatic nitrogens is 3. The standard InChI is InChI=1S/C18H21N5O2/c19-5-2-6-22-18-17-14(20-7-8-21-17)10-13(23-18)12-3-1-4-15-16(9-12)25-11-24-15/h7-10H,1-6,11,19H2,(H,22,23). The molecule has 130 valence electrons. The fraction of sp³-hybridized carbons (Fsp3) is 0.389. The van der Waals surface area contributed by atoms with Crippen molar-refractivity contribution in [1.82, 2.24) is 15.0 Å². The van der Waals surface area contributed by atoms with Gasteiger partial charge in [-0.05, 0) is 43.5 Å². The van der Waals surface area contributed by atoms with Crippen molar-refractivity contribution in [2.24, 2.45) is 5.73 Å². The van der Waals surface area contributed by atoms with E-state index in [4.69, 9.17) is 20.2 Å². The predicted octanol–water partition coefficient (Wildman–Crippen LogP) is 2.57. The van der Waals surface area contributed by atoms with Crippen LogP contribution in [0.15, 0.2) is 36.1 Å². The summed E-state index contributed by atoms with van der Waals surface area (Å²) in [7, 11) is 0. The third kappa shape index (κ3) is 3.28. The summed E-state index contributed by atoms with van der Waals surface area (Å²) in [6, 6.07) is 1.99. The molecule has 1 aliphatic heterocycles. The van der Waals surface area contributed by atoms with Crippen molar-refractivity contribution in [2.45, 2.75) is 25.7 Å². The molecule has 2 aliphatic rings. The van der Waals surface area contributed by atoms with Gasteiger partial charge in [-0.3, -0.25) is 4.98 Å². The van der Waals surface area contributed by atoms with E-state index >= 15 is 0 Å². The van der Waals surface area contributed by atoms with E-state index in [0.717, 1.165) is 71.9 Å². The van der Waals surface area contributed by atoms with Crippen molar-refractivity contribution in [1.29, 1.82) is 0 Å². The summed E-state index contributed by atoms with van der Waals surface area (Å²) in [6.07, 6.45) is 9.12. The number of fused-ring (bicyclic) bond motifs is 1. The number of allylic oxidation sites excluding steroid dienone is 3. The normalized spacial score (nSPS) is 16.8. The number of pyridine rings is 1. The monoisotopic (exact) mass is 339 g/mol. The molecule has 0 atom stereocenters. The lowest BCUT2D eigenvalue weighted by Crippen LogP contribution is -2.10. The van der Waals surface area contributed by atoms with E-state index in [1.54, 1.807) is 12.4 Å². The van der Waals surface area contributed by atoms with Crippen LogP contribution in [-0.4, -0.2) is 34.8 Å². The summed E-state index contributed by atoms with van der Waals surface area (Å²) in [5.41, 5.74) is 9.22. The second kappa shape index (κ2) is 7.06. The molecule has 0 aromatic carbocycles. The molecule has 0 saturated heterocycles. The Morgan fingerprint density at radius 3 is 3.00 bits per heavy atom. The highest BCUT2D eigenvalue weighted by Gasteiger charge is 2.21. The molecule has 1 aliphatic carbocycles. The van der Waals surface area contributed by atoms with Crippen LogP contribution in [0.5, 0.6) is 0 Å². The quantitative estimate of drug-likeness (QED) is 0.808. The molecule has 0 saturated carbocycles. The second-order valence-electron chi connectivity index (χ2n) is 6.07. The topological polar surface area (TPSA) is 95.2 Å². The highest BCUT2D eigenvalue weighted by atomic mass is 16.7. The number of hydrogen-bond donors (Lipinski definition) is 2. The number of nitrogens with zero attached hydrogens (tertiary/aromatic N) is 3. The third-order valence-electron chi connectivity index (χ3n) is 4.34. The van der Waals surface area contributed by atoms with Gasteiger partial charge in [-0.1, -0.05) is 0 Å². The SMILES string of the molecule is NCCCNc1nc(C2=CC3=C(CCC2)OCO3)cc2nccnc12. The van der Waals surface area contributed by atoms with Crippen LogP contribution in [0.4, 0.5) is 5.82 Å². The third-order valence-corrected chi connectivity index (χ3v) is 4.34. The molecule has 4 rings (SSSR count). The number of hydrogen-bond acceptors (Lipinski definition) is 7. The van der Waals surface area contributed by atoms with Crippen LogP contribution in [0.25, 0.3) is 16.6 Å². The molecule has 7 nitrogen and oxygen atoms in total. The van der Waals surface area contributed by atoms with Crippen LogP contribution in [-0.2, 0) is 9.47 Å². The van der Waals surface area contributed by atoms with Gasteiger partial charge >= 0.3 is 0 Å². The minimum Gasteiger partial charge on any atom is -0.458 e. The molecule has 0 amide bonds. The molecular weight excluding hydrogens is 318 g/mol. The lowest BCUT2D eigenvalue weighted by Gasteiger charge is -2.12. The molecule has 0 fully saturated rings. The number of nitrogens with one attached hydrogen (secondary N) is 1. The Kier molecular flexibility index (Phi) is 4.47. The van der Waals surface area contributed by atoms with Gasteiger partial charge in [0.05, 0.1) is 11.2 Å². The Balaban J connectivity index is 1.74. The summed E-state index contributed by atoms with van der Waals surface area (Å²) in [5.74, 6) is 2.51. The fourth-order valence-corrected chi connectivity index (χ4v) is 3.07. The first-order valence-electron chi connectivity index (χ1n) is 8.60. The second-order valence-corrected chi connectivity index (χ2v) is 6.07. The Bertz CT molecular complexity index is 846. The van der Waals surface area contributed by atoms with Crippen LogP contribution in [0, 0.1) is 0 Å². The van der Waals surface area contributed by atoms with Crippen molar-refractivity contribution >= 4 is 22.4 Å². The molecule has 25 heavy (non-hydrogen) atoms. The highest BCUT2D eigenvalue weighted by molar-refractivity contribution is 5.88. The zero-order valence-electron chi connectivity index (χ0n) is 14.0. The number of ether oxygens (including phenoxy) is 2. The van der Waals surface area contributed by atoms with Gasteiger partial charge in [0.1, 0.15) is 11.3 Å². The van der Waals surface area contributed by atoms with Gasteiger partial charge in [0, 0.05) is 25.4 Å². The number of nitrogens with two attached hydrogens (primary N) is 1. The predicted molar refractivity (Wildman–Crippen MR) is 95.4 cm³/mol. The van der Waals surface area contributed by atoms with Crippen LogP contribution in [0.2, 0.25) is 0 Å². The van der Waals surface area contributed by atoms with E-state index in [1.165, 1.54) is 0 Å². The van der Waals surface area contributed by atoms with Crippen LogP contribution >= 0.6 is 0 Å². The largest absolute Gasteiger partial charge is 0.458 e. The van der Waals surface area contributed by atoms with E-state index in [2.05, 4.69) is 15.3 Å². The van der Waals surface area contributed by atoms with Crippen molar-refractivity contribution in [2.75, 3.05) is 25.2 Å². The van der Waals surface area contributed by atoms with E-state index in [-0.39, 0.29) is 0 Å². The maximum atomic E-state index is 5.59. The van der Waals surface area contributed by atoms with Crippen molar-refractivity contribution in [3.05, 3.63) is 41.7 Å². The van der Waals surface area contributed by atoms with Gasteiger partial charge in [-0.15, -0.1) is 0 Å². The van der Waals surface area contributed by atoms with E-state index in [1.807, 2.05) is 12.1 Å². The molecule has 3 heterocycles. The maximum absolute atomic E-state index is 5.59. The minimum atomic E-state index is 0.303. The van der Waals surface area contributed by atoms with E-state index < -0.39 is 0 Å². The van der Waals surface area contributed by atoms with Crippen LogP contribution in [0.3, 0.4) is 0 Å². The molecule has 0 spiro atoms. The molecule has 0 radical (unpaired) electrons. The zero-order valence-corrected chi connectivity index (χ0v) is 14.0. The Morgan fingerprint density at radius 1 is 1.16 bits per heavy atom. The van der Waals surface area contributed by atoms with Crippen molar-refractivity contribution in [3.8, 4) is 0 Å².